The Morgan fingerprint density at radius 1 is 1.00 bits per heavy atom. The fourth-order valence-corrected chi connectivity index (χ4v) is 4.41. The molecule has 146 valence electrons. The van der Waals surface area contributed by atoms with Gasteiger partial charge in [-0.1, -0.05) is 69.5 Å². The van der Waals surface area contributed by atoms with Crippen LogP contribution in [0.25, 0.3) is 0 Å². The molecule has 1 N–H and O–H groups in total. The van der Waals surface area contributed by atoms with Crippen molar-refractivity contribution in [2.75, 3.05) is 11.9 Å². The van der Waals surface area contributed by atoms with Crippen LogP contribution in [0, 0.1) is 0 Å². The van der Waals surface area contributed by atoms with Crippen molar-refractivity contribution in [2.45, 2.75) is 6.04 Å². The zero-order valence-corrected chi connectivity index (χ0v) is 18.1. The van der Waals surface area contributed by atoms with Gasteiger partial charge in [0.25, 0.3) is 5.91 Å². The molecular weight excluding hydrogens is 475 g/mol. The number of carbonyl (C=O) groups is 2. The second-order valence-electron chi connectivity index (χ2n) is 6.68. The highest BCUT2D eigenvalue weighted by Crippen LogP contribution is 2.38. The van der Waals surface area contributed by atoms with Crippen LogP contribution in [0.3, 0.4) is 0 Å². The van der Waals surface area contributed by atoms with Gasteiger partial charge in [0.05, 0.1) is 6.04 Å². The van der Waals surface area contributed by atoms with E-state index in [1.807, 2.05) is 48.5 Å². The Labute approximate surface area is 186 Å². The molecule has 29 heavy (non-hydrogen) atoms. The third kappa shape index (κ3) is 4.17. The Bertz CT molecular complexity index is 1080. The van der Waals surface area contributed by atoms with E-state index in [1.54, 1.807) is 23.1 Å². The summed E-state index contributed by atoms with van der Waals surface area (Å²) < 4.78 is 0.853. The number of amides is 2. The van der Waals surface area contributed by atoms with Crippen LogP contribution in [0.2, 0.25) is 10.0 Å². The number of anilines is 1. The highest BCUT2D eigenvalue weighted by molar-refractivity contribution is 9.10. The topological polar surface area (TPSA) is 49.4 Å². The minimum atomic E-state index is -0.465. The first-order valence-corrected chi connectivity index (χ1v) is 10.4. The molecule has 0 bridgehead atoms. The molecule has 0 saturated heterocycles. The van der Waals surface area contributed by atoms with E-state index in [2.05, 4.69) is 21.2 Å². The van der Waals surface area contributed by atoms with Gasteiger partial charge >= 0.3 is 0 Å². The van der Waals surface area contributed by atoms with Crippen molar-refractivity contribution in [1.29, 1.82) is 0 Å². The zero-order chi connectivity index (χ0) is 20.5. The van der Waals surface area contributed by atoms with E-state index >= 15 is 0 Å². The van der Waals surface area contributed by atoms with Crippen LogP contribution >= 0.6 is 39.1 Å². The Morgan fingerprint density at radius 3 is 2.38 bits per heavy atom. The zero-order valence-electron chi connectivity index (χ0n) is 15.0. The van der Waals surface area contributed by atoms with Crippen molar-refractivity contribution >= 4 is 56.6 Å². The molecule has 4 nitrogen and oxygen atoms in total. The maximum atomic E-state index is 13.5. The van der Waals surface area contributed by atoms with E-state index in [9.17, 15) is 9.59 Å². The van der Waals surface area contributed by atoms with E-state index in [-0.39, 0.29) is 18.4 Å². The molecule has 0 radical (unpaired) electrons. The van der Waals surface area contributed by atoms with Gasteiger partial charge < -0.3 is 10.2 Å². The van der Waals surface area contributed by atoms with Gasteiger partial charge in [-0.15, -0.1) is 0 Å². The Morgan fingerprint density at radius 2 is 1.69 bits per heavy atom. The lowest BCUT2D eigenvalue weighted by Crippen LogP contribution is -2.39. The molecule has 0 fully saturated rings. The fraction of sp³-hybridized carbons (Fsp3) is 0.0909. The number of carbonyl (C=O) groups excluding carboxylic acids is 2. The Balaban J connectivity index is 1.90. The molecule has 2 amide bonds. The Kier molecular flexibility index (Phi) is 5.63. The predicted octanol–water partition coefficient (Wildman–Crippen LogP) is 5.94. The first-order valence-electron chi connectivity index (χ1n) is 8.83. The number of nitrogens with zero attached hydrogens (tertiary/aromatic N) is 1. The largest absolute Gasteiger partial charge is 0.324 e. The highest BCUT2D eigenvalue weighted by atomic mass is 79.9. The quantitative estimate of drug-likeness (QED) is 0.484. The third-order valence-corrected chi connectivity index (χ3v) is 5.62. The smallest absolute Gasteiger partial charge is 0.255 e. The van der Waals surface area contributed by atoms with Crippen molar-refractivity contribution in [3.05, 3.63) is 97.9 Å². The summed E-state index contributed by atoms with van der Waals surface area (Å²) in [4.78, 5) is 27.7. The summed E-state index contributed by atoms with van der Waals surface area (Å²) in [6.45, 7) is -0.102. The summed E-state index contributed by atoms with van der Waals surface area (Å²) in [5.41, 5.74) is 2.71. The van der Waals surface area contributed by atoms with Gasteiger partial charge in [0.2, 0.25) is 5.91 Å². The molecule has 7 heteroatoms. The van der Waals surface area contributed by atoms with E-state index in [0.29, 0.717) is 21.3 Å². The second-order valence-corrected chi connectivity index (χ2v) is 8.47. The van der Waals surface area contributed by atoms with E-state index < -0.39 is 6.04 Å². The Hall–Kier alpha value is -2.34. The monoisotopic (exact) mass is 488 g/mol. The van der Waals surface area contributed by atoms with Crippen molar-refractivity contribution in [1.82, 2.24) is 4.90 Å². The molecule has 0 saturated carbocycles. The van der Waals surface area contributed by atoms with Crippen molar-refractivity contribution in [3.63, 3.8) is 0 Å². The molecular formula is C22H15BrCl2N2O2. The van der Waals surface area contributed by atoms with Crippen LogP contribution in [0.15, 0.2) is 71.2 Å². The van der Waals surface area contributed by atoms with Crippen LogP contribution in [0.1, 0.15) is 27.5 Å². The maximum Gasteiger partial charge on any atom is 0.255 e. The molecule has 3 aromatic rings. The summed E-state index contributed by atoms with van der Waals surface area (Å²) in [6.07, 6.45) is 0. The van der Waals surface area contributed by atoms with Gasteiger partial charge in [0.1, 0.15) is 6.54 Å². The molecule has 1 atom stereocenters. The van der Waals surface area contributed by atoms with Gasteiger partial charge in [0.15, 0.2) is 0 Å². The normalized spacial score (nSPS) is 16.0. The van der Waals surface area contributed by atoms with Crippen LogP contribution < -0.4 is 5.32 Å². The molecule has 1 unspecified atom stereocenters. The summed E-state index contributed by atoms with van der Waals surface area (Å²) in [5.74, 6) is -0.597. The molecule has 4 rings (SSSR count). The van der Waals surface area contributed by atoms with Crippen LogP contribution in [0.4, 0.5) is 5.69 Å². The first kappa shape index (κ1) is 20.0. The van der Waals surface area contributed by atoms with Crippen molar-refractivity contribution in [2.24, 2.45) is 0 Å². The number of fused-ring (bicyclic) bond motifs is 1. The van der Waals surface area contributed by atoms with Crippen LogP contribution in [-0.4, -0.2) is 23.3 Å². The van der Waals surface area contributed by atoms with Crippen molar-refractivity contribution < 1.29 is 9.59 Å². The van der Waals surface area contributed by atoms with Crippen molar-refractivity contribution in [3.8, 4) is 0 Å². The van der Waals surface area contributed by atoms with Gasteiger partial charge in [-0.05, 0) is 42.0 Å². The van der Waals surface area contributed by atoms with E-state index in [1.165, 1.54) is 0 Å². The third-order valence-electron chi connectivity index (χ3n) is 4.69. The summed E-state index contributed by atoms with van der Waals surface area (Å²) >= 11 is 15.7. The maximum absolute atomic E-state index is 13.5. The first-order chi connectivity index (χ1) is 13.9. The number of rotatable bonds is 2. The number of hydrogen-bond acceptors (Lipinski definition) is 2. The summed E-state index contributed by atoms with van der Waals surface area (Å²) in [5, 5.41) is 3.62. The average molecular weight is 490 g/mol. The predicted molar refractivity (Wildman–Crippen MR) is 119 cm³/mol. The van der Waals surface area contributed by atoms with Crippen LogP contribution in [-0.2, 0) is 4.79 Å². The molecule has 0 aromatic heterocycles. The minimum Gasteiger partial charge on any atom is -0.324 e. The highest BCUT2D eigenvalue weighted by Gasteiger charge is 2.34. The molecule has 3 aromatic carbocycles. The molecule has 0 spiro atoms. The standard InChI is InChI=1S/C22H15BrCl2N2O2/c23-15-6-7-19-18(10-15)21(13-4-2-1-3-5-13)27(12-20(28)26-19)22(29)14-8-16(24)11-17(25)9-14/h1-11,21H,12H2,(H,26,28). The van der Waals surface area contributed by atoms with E-state index in [4.69, 9.17) is 23.2 Å². The molecule has 1 heterocycles. The lowest BCUT2D eigenvalue weighted by atomic mass is 9.95. The van der Waals surface area contributed by atoms with Gasteiger partial charge in [-0.25, -0.2) is 0 Å². The second kappa shape index (κ2) is 8.19. The number of nitrogens with one attached hydrogen (secondary N) is 1. The molecule has 1 aliphatic heterocycles. The summed E-state index contributed by atoms with van der Waals surface area (Å²) in [7, 11) is 0. The van der Waals surface area contributed by atoms with E-state index in [0.717, 1.165) is 15.6 Å². The molecule has 0 aliphatic carbocycles. The minimum absolute atomic E-state index is 0.102. The van der Waals surface area contributed by atoms with Gasteiger partial charge in [0, 0.05) is 31.3 Å². The summed E-state index contributed by atoms with van der Waals surface area (Å²) in [6, 6.07) is 19.4. The fourth-order valence-electron chi connectivity index (χ4n) is 3.50. The molecule has 1 aliphatic rings. The lowest BCUT2D eigenvalue weighted by molar-refractivity contribution is -0.117. The average Bonchev–Trinajstić information content (AvgIpc) is 2.83. The number of halogens is 3. The van der Waals surface area contributed by atoms with Crippen LogP contribution in [0.5, 0.6) is 0 Å². The number of hydrogen-bond donors (Lipinski definition) is 1. The SMILES string of the molecule is O=C1CN(C(=O)c2cc(Cl)cc(Cl)c2)C(c2ccccc2)c2cc(Br)ccc2N1. The van der Waals surface area contributed by atoms with Gasteiger partial charge in [-0.3, -0.25) is 9.59 Å². The number of benzene rings is 3. The lowest BCUT2D eigenvalue weighted by Gasteiger charge is -2.31. The van der Waals surface area contributed by atoms with Gasteiger partial charge in [-0.2, -0.15) is 0 Å².